The van der Waals surface area contributed by atoms with Gasteiger partial charge in [-0.3, -0.25) is 9.78 Å². The van der Waals surface area contributed by atoms with Gasteiger partial charge in [0.2, 0.25) is 0 Å². The lowest BCUT2D eigenvalue weighted by Crippen LogP contribution is -2.07. The number of nitrogens with one attached hydrogen (secondary N) is 1. The number of carbonyl (C=O) groups is 2. The number of ketones is 1. The van der Waals surface area contributed by atoms with Gasteiger partial charge in [-0.25, -0.2) is 9.78 Å². The number of esters is 1. The lowest BCUT2D eigenvalue weighted by Gasteiger charge is -2.04. The fourth-order valence-corrected chi connectivity index (χ4v) is 2.42. The second-order valence-corrected chi connectivity index (χ2v) is 5.06. The van der Waals surface area contributed by atoms with E-state index in [1.54, 1.807) is 12.4 Å². The van der Waals surface area contributed by atoms with Gasteiger partial charge in [-0.15, -0.1) is 0 Å². The quantitative estimate of drug-likeness (QED) is 0.688. The van der Waals surface area contributed by atoms with Gasteiger partial charge in [0.05, 0.1) is 19.0 Å². The third-order valence-electron chi connectivity index (χ3n) is 2.61. The Morgan fingerprint density at radius 3 is 2.75 bits per heavy atom. The number of methoxy groups -OCH3 is 1. The molecule has 0 aromatic carbocycles. The number of aromatic nitrogens is 2. The van der Waals surface area contributed by atoms with Crippen molar-refractivity contribution < 1.29 is 14.3 Å². The van der Waals surface area contributed by atoms with E-state index in [2.05, 4.69) is 20.0 Å². The highest BCUT2D eigenvalue weighted by atomic mass is 32.1. The number of nitrogens with zero attached hydrogens (tertiary/aromatic N) is 2. The molecule has 104 valence electrons. The van der Waals surface area contributed by atoms with Crippen LogP contribution < -0.4 is 5.32 Å². The zero-order valence-electron chi connectivity index (χ0n) is 11.3. The predicted octanol–water partition coefficient (Wildman–Crippen LogP) is 2.58. The van der Waals surface area contributed by atoms with E-state index in [0.717, 1.165) is 22.6 Å². The highest BCUT2D eigenvalue weighted by molar-refractivity contribution is 7.17. The van der Waals surface area contributed by atoms with Gasteiger partial charge < -0.3 is 10.1 Å². The zero-order chi connectivity index (χ0) is 14.7. The van der Waals surface area contributed by atoms with E-state index >= 15 is 0 Å². The van der Waals surface area contributed by atoms with Gasteiger partial charge >= 0.3 is 5.97 Å². The second-order valence-electron chi connectivity index (χ2n) is 4.06. The van der Waals surface area contributed by atoms with E-state index in [1.807, 2.05) is 13.0 Å². The number of ether oxygens (including phenoxy) is 1. The van der Waals surface area contributed by atoms with E-state index < -0.39 is 5.97 Å². The van der Waals surface area contributed by atoms with Gasteiger partial charge in [0, 0.05) is 13.1 Å². The SMILES string of the molecule is COC(=O)c1nc(Nc2cnccc2C)sc1C(C)=O. The molecule has 0 aliphatic rings. The largest absolute Gasteiger partial charge is 0.464 e. The molecule has 2 aromatic rings. The second kappa shape index (κ2) is 5.79. The van der Waals surface area contributed by atoms with Crippen molar-refractivity contribution in [2.24, 2.45) is 0 Å². The Morgan fingerprint density at radius 2 is 2.15 bits per heavy atom. The maximum atomic E-state index is 11.6. The van der Waals surface area contributed by atoms with E-state index in [-0.39, 0.29) is 16.4 Å². The first kappa shape index (κ1) is 14.1. The molecule has 0 radical (unpaired) electrons. The molecule has 0 saturated heterocycles. The van der Waals surface area contributed by atoms with Gasteiger partial charge in [-0.05, 0) is 18.6 Å². The van der Waals surface area contributed by atoms with Crippen LogP contribution in [0.2, 0.25) is 0 Å². The Morgan fingerprint density at radius 1 is 1.40 bits per heavy atom. The molecule has 2 rings (SSSR count). The third kappa shape index (κ3) is 2.83. The van der Waals surface area contributed by atoms with Crippen LogP contribution >= 0.6 is 11.3 Å². The predicted molar refractivity (Wildman–Crippen MR) is 75.7 cm³/mol. The lowest BCUT2D eigenvalue weighted by molar-refractivity contribution is 0.0591. The van der Waals surface area contributed by atoms with Crippen molar-refractivity contribution in [1.29, 1.82) is 0 Å². The molecule has 0 amide bonds. The third-order valence-corrected chi connectivity index (χ3v) is 3.68. The fourth-order valence-electron chi connectivity index (χ4n) is 1.56. The Labute approximate surface area is 119 Å². The summed E-state index contributed by atoms with van der Waals surface area (Å²) in [7, 11) is 1.25. The molecule has 0 fully saturated rings. The van der Waals surface area contributed by atoms with Crippen LogP contribution in [0.4, 0.5) is 10.8 Å². The van der Waals surface area contributed by atoms with Crippen LogP contribution in [-0.2, 0) is 4.74 Å². The van der Waals surface area contributed by atoms with Crippen molar-refractivity contribution in [2.45, 2.75) is 13.8 Å². The summed E-state index contributed by atoms with van der Waals surface area (Å²) >= 11 is 1.11. The van der Waals surface area contributed by atoms with Gasteiger partial charge in [0.1, 0.15) is 4.88 Å². The molecule has 2 aromatic heterocycles. The van der Waals surface area contributed by atoms with Crippen molar-refractivity contribution in [3.05, 3.63) is 34.6 Å². The zero-order valence-corrected chi connectivity index (χ0v) is 12.1. The van der Waals surface area contributed by atoms with Gasteiger partial charge in [-0.1, -0.05) is 11.3 Å². The van der Waals surface area contributed by atoms with Crippen LogP contribution in [0, 0.1) is 6.92 Å². The number of hydrogen-bond acceptors (Lipinski definition) is 7. The average molecular weight is 291 g/mol. The lowest BCUT2D eigenvalue weighted by atomic mass is 10.2. The molecular weight excluding hydrogens is 278 g/mol. The Balaban J connectivity index is 2.37. The number of hydrogen-bond donors (Lipinski definition) is 1. The summed E-state index contributed by atoms with van der Waals surface area (Å²) in [4.78, 5) is 31.6. The molecule has 0 spiro atoms. The van der Waals surface area contributed by atoms with Crippen LogP contribution in [0.1, 0.15) is 32.6 Å². The number of anilines is 2. The molecule has 2 heterocycles. The molecule has 0 unspecified atom stereocenters. The van der Waals surface area contributed by atoms with Gasteiger partial charge in [-0.2, -0.15) is 0 Å². The Hall–Kier alpha value is -2.28. The number of Topliss-reactive ketones (excluding diaryl/α,β-unsaturated/α-hetero) is 1. The molecule has 0 atom stereocenters. The molecule has 0 saturated carbocycles. The summed E-state index contributed by atoms with van der Waals surface area (Å²) in [5.41, 5.74) is 1.79. The van der Waals surface area contributed by atoms with E-state index in [1.165, 1.54) is 14.0 Å². The first-order valence-electron chi connectivity index (χ1n) is 5.80. The van der Waals surface area contributed by atoms with Crippen LogP contribution in [0.25, 0.3) is 0 Å². The minimum absolute atomic E-state index is 0.0362. The van der Waals surface area contributed by atoms with E-state index in [0.29, 0.717) is 5.13 Å². The summed E-state index contributed by atoms with van der Waals surface area (Å²) in [6.45, 7) is 3.31. The summed E-state index contributed by atoms with van der Waals surface area (Å²) < 4.78 is 4.63. The van der Waals surface area contributed by atoms with Crippen molar-refractivity contribution in [3.63, 3.8) is 0 Å². The van der Waals surface area contributed by atoms with Gasteiger partial charge in [0.15, 0.2) is 16.6 Å². The van der Waals surface area contributed by atoms with Crippen molar-refractivity contribution >= 4 is 33.9 Å². The Kier molecular flexibility index (Phi) is 4.09. The molecule has 0 aliphatic carbocycles. The number of thiazole rings is 1. The molecule has 1 N–H and O–H groups in total. The highest BCUT2D eigenvalue weighted by Crippen LogP contribution is 2.27. The smallest absolute Gasteiger partial charge is 0.358 e. The first-order chi connectivity index (χ1) is 9.52. The summed E-state index contributed by atoms with van der Waals surface area (Å²) in [5, 5.41) is 3.50. The molecule has 7 heteroatoms. The fraction of sp³-hybridized carbons (Fsp3) is 0.231. The van der Waals surface area contributed by atoms with Crippen LogP contribution in [-0.4, -0.2) is 28.8 Å². The van der Waals surface area contributed by atoms with Crippen LogP contribution in [0.15, 0.2) is 18.5 Å². The molecule has 0 bridgehead atoms. The number of pyridine rings is 1. The maximum absolute atomic E-state index is 11.6. The molecule has 20 heavy (non-hydrogen) atoms. The molecule has 6 nitrogen and oxygen atoms in total. The van der Waals surface area contributed by atoms with Crippen molar-refractivity contribution in [2.75, 3.05) is 12.4 Å². The summed E-state index contributed by atoms with van der Waals surface area (Å²) in [5.74, 6) is -0.846. The molecular formula is C13H13N3O3S. The van der Waals surface area contributed by atoms with Crippen molar-refractivity contribution in [1.82, 2.24) is 9.97 Å². The number of carbonyl (C=O) groups excluding carboxylic acids is 2. The minimum Gasteiger partial charge on any atom is -0.464 e. The minimum atomic E-state index is -0.623. The highest BCUT2D eigenvalue weighted by Gasteiger charge is 2.22. The summed E-state index contributed by atoms with van der Waals surface area (Å²) in [6, 6.07) is 1.85. The topological polar surface area (TPSA) is 81.2 Å². The summed E-state index contributed by atoms with van der Waals surface area (Å²) in [6.07, 6.45) is 3.34. The van der Waals surface area contributed by atoms with Gasteiger partial charge in [0.25, 0.3) is 0 Å². The van der Waals surface area contributed by atoms with E-state index in [4.69, 9.17) is 0 Å². The molecule has 0 aliphatic heterocycles. The Bertz CT molecular complexity index is 667. The monoisotopic (exact) mass is 291 g/mol. The van der Waals surface area contributed by atoms with E-state index in [9.17, 15) is 9.59 Å². The first-order valence-corrected chi connectivity index (χ1v) is 6.62. The van der Waals surface area contributed by atoms with Crippen LogP contribution in [0.5, 0.6) is 0 Å². The standard InChI is InChI=1S/C13H13N3O3S/c1-7-4-5-14-6-9(7)15-13-16-10(12(18)19-3)11(20-13)8(2)17/h4-6H,1-3H3,(H,15,16). The number of aryl methyl sites for hydroxylation is 1. The van der Waals surface area contributed by atoms with Crippen LogP contribution in [0.3, 0.4) is 0 Å². The average Bonchev–Trinajstić information content (AvgIpc) is 2.85. The normalized spacial score (nSPS) is 10.2. The number of rotatable bonds is 4. The van der Waals surface area contributed by atoms with Crippen molar-refractivity contribution in [3.8, 4) is 0 Å². The maximum Gasteiger partial charge on any atom is 0.358 e.